The lowest BCUT2D eigenvalue weighted by Gasteiger charge is -2.14. The second-order valence-electron chi connectivity index (χ2n) is 4.39. The molecule has 1 N–H and O–H groups in total. The summed E-state index contributed by atoms with van der Waals surface area (Å²) in [5.41, 5.74) is 0.543. The highest BCUT2D eigenvalue weighted by molar-refractivity contribution is 7.89. The minimum Gasteiger partial charge on any atom is -0.469 e. The molecule has 7 heteroatoms. The van der Waals surface area contributed by atoms with Gasteiger partial charge in [0, 0.05) is 12.5 Å². The molecular formula is C13H18FNO4S. The second kappa shape index (κ2) is 7.35. The monoisotopic (exact) mass is 303 g/mol. The van der Waals surface area contributed by atoms with Gasteiger partial charge in [0.25, 0.3) is 0 Å². The maximum atomic E-state index is 13.1. The first-order valence-corrected chi connectivity index (χ1v) is 7.81. The average molecular weight is 303 g/mol. The molecule has 20 heavy (non-hydrogen) atoms. The molecule has 0 radical (unpaired) electrons. The molecule has 0 aliphatic heterocycles. The van der Waals surface area contributed by atoms with Gasteiger partial charge in [-0.25, -0.2) is 17.5 Å². The van der Waals surface area contributed by atoms with Gasteiger partial charge in [0.15, 0.2) is 0 Å². The van der Waals surface area contributed by atoms with E-state index in [-0.39, 0.29) is 18.6 Å². The van der Waals surface area contributed by atoms with Crippen molar-refractivity contribution in [3.63, 3.8) is 0 Å². The van der Waals surface area contributed by atoms with Crippen LogP contribution in [0.3, 0.4) is 0 Å². The average Bonchev–Trinajstić information content (AvgIpc) is 2.37. The van der Waals surface area contributed by atoms with E-state index in [0.717, 1.165) is 0 Å². The largest absolute Gasteiger partial charge is 0.469 e. The van der Waals surface area contributed by atoms with Gasteiger partial charge in [-0.1, -0.05) is 12.1 Å². The molecule has 0 heterocycles. The Kier molecular flexibility index (Phi) is 6.09. The predicted octanol–water partition coefficient (Wildman–Crippen LogP) is 1.76. The van der Waals surface area contributed by atoms with Crippen LogP contribution in [0, 0.1) is 5.82 Å². The number of hydrogen-bond donors (Lipinski definition) is 1. The fourth-order valence-electron chi connectivity index (χ4n) is 1.68. The molecule has 0 saturated heterocycles. The Balaban J connectivity index is 2.55. The topological polar surface area (TPSA) is 72.5 Å². The molecule has 112 valence electrons. The molecule has 0 aromatic heterocycles. The number of halogens is 1. The van der Waals surface area contributed by atoms with Crippen molar-refractivity contribution in [2.24, 2.45) is 0 Å². The lowest BCUT2D eigenvalue weighted by Crippen LogP contribution is -2.29. The number of carbonyl (C=O) groups excluding carboxylic acids is 1. The maximum absolute atomic E-state index is 13.1. The summed E-state index contributed by atoms with van der Waals surface area (Å²) in [5.74, 6) is -1.04. The minimum absolute atomic E-state index is 0.0474. The second-order valence-corrected chi connectivity index (χ2v) is 6.27. The van der Waals surface area contributed by atoms with E-state index in [2.05, 4.69) is 9.46 Å². The number of sulfonamides is 1. The van der Waals surface area contributed by atoms with Gasteiger partial charge < -0.3 is 4.74 Å². The molecular weight excluding hydrogens is 285 g/mol. The molecule has 0 bridgehead atoms. The van der Waals surface area contributed by atoms with Gasteiger partial charge in [-0.2, -0.15) is 0 Å². The van der Waals surface area contributed by atoms with Crippen LogP contribution in [-0.2, 0) is 19.6 Å². The zero-order valence-electron chi connectivity index (χ0n) is 11.4. The van der Waals surface area contributed by atoms with Crippen LogP contribution < -0.4 is 4.72 Å². The number of hydrogen-bond acceptors (Lipinski definition) is 4. The van der Waals surface area contributed by atoms with E-state index >= 15 is 0 Å². The molecule has 1 aromatic carbocycles. The van der Waals surface area contributed by atoms with Crippen molar-refractivity contribution < 1.29 is 22.3 Å². The lowest BCUT2D eigenvalue weighted by molar-refractivity contribution is -0.140. The molecule has 0 aliphatic carbocycles. The van der Waals surface area contributed by atoms with Crippen LogP contribution in [0.5, 0.6) is 0 Å². The summed E-state index contributed by atoms with van der Waals surface area (Å²) in [6.07, 6.45) is 0.226. The zero-order chi connectivity index (χ0) is 15.2. The molecule has 0 amide bonds. The van der Waals surface area contributed by atoms with Gasteiger partial charge in [0.1, 0.15) is 5.82 Å². The van der Waals surface area contributed by atoms with Gasteiger partial charge >= 0.3 is 5.97 Å². The third-order valence-electron chi connectivity index (χ3n) is 2.73. The van der Waals surface area contributed by atoms with Crippen LogP contribution in [0.1, 0.15) is 31.4 Å². The molecule has 1 aromatic rings. The summed E-state index contributed by atoms with van der Waals surface area (Å²) in [6.45, 7) is 1.63. The number of methoxy groups -OCH3 is 1. The summed E-state index contributed by atoms with van der Waals surface area (Å²) < 4.78 is 43.6. The lowest BCUT2D eigenvalue weighted by atomic mass is 10.1. The quantitative estimate of drug-likeness (QED) is 0.779. The van der Waals surface area contributed by atoms with E-state index in [1.54, 1.807) is 13.0 Å². The van der Waals surface area contributed by atoms with Crippen molar-refractivity contribution in [3.05, 3.63) is 35.6 Å². The fourth-order valence-corrected chi connectivity index (χ4v) is 3.00. The van der Waals surface area contributed by atoms with Crippen LogP contribution in [0.4, 0.5) is 4.39 Å². The van der Waals surface area contributed by atoms with Crippen LogP contribution in [0.15, 0.2) is 24.3 Å². The van der Waals surface area contributed by atoms with Gasteiger partial charge in [-0.3, -0.25) is 4.79 Å². The standard InChI is InChI=1S/C13H18FNO4S/c1-10(11-5-3-6-12(14)9-11)15-20(17,18)8-4-7-13(16)19-2/h3,5-6,9-10,15H,4,7-8H2,1-2H3/t10-/m1/s1. The van der Waals surface area contributed by atoms with Crippen molar-refractivity contribution >= 4 is 16.0 Å². The Morgan fingerprint density at radius 1 is 1.45 bits per heavy atom. The first kappa shape index (κ1) is 16.6. The summed E-state index contributed by atoms with van der Waals surface area (Å²) in [7, 11) is -2.27. The highest BCUT2D eigenvalue weighted by Crippen LogP contribution is 2.14. The highest BCUT2D eigenvalue weighted by atomic mass is 32.2. The maximum Gasteiger partial charge on any atom is 0.305 e. The van der Waals surface area contributed by atoms with E-state index in [0.29, 0.717) is 5.56 Å². The molecule has 0 spiro atoms. The normalized spacial score (nSPS) is 12.9. The van der Waals surface area contributed by atoms with Crippen molar-refractivity contribution in [1.29, 1.82) is 0 Å². The van der Waals surface area contributed by atoms with E-state index in [1.807, 2.05) is 0 Å². The summed E-state index contributed by atoms with van der Waals surface area (Å²) >= 11 is 0. The van der Waals surface area contributed by atoms with Crippen molar-refractivity contribution in [2.45, 2.75) is 25.8 Å². The van der Waals surface area contributed by atoms with Crippen LogP contribution >= 0.6 is 0 Å². The number of esters is 1. The highest BCUT2D eigenvalue weighted by Gasteiger charge is 2.16. The number of ether oxygens (including phenoxy) is 1. The molecule has 5 nitrogen and oxygen atoms in total. The Morgan fingerprint density at radius 3 is 2.75 bits per heavy atom. The Hall–Kier alpha value is -1.47. The van der Waals surface area contributed by atoms with E-state index in [4.69, 9.17) is 0 Å². The van der Waals surface area contributed by atoms with Crippen molar-refractivity contribution in [1.82, 2.24) is 4.72 Å². The molecule has 0 unspecified atom stereocenters. The Labute approximate surface area is 118 Å². The first-order chi connectivity index (χ1) is 9.34. The molecule has 0 saturated carbocycles. The van der Waals surface area contributed by atoms with Gasteiger partial charge in [0.05, 0.1) is 12.9 Å². The van der Waals surface area contributed by atoms with E-state index < -0.39 is 27.9 Å². The number of nitrogens with one attached hydrogen (secondary N) is 1. The molecule has 0 fully saturated rings. The van der Waals surface area contributed by atoms with Crippen molar-refractivity contribution in [2.75, 3.05) is 12.9 Å². The van der Waals surface area contributed by atoms with Crippen LogP contribution in [-0.4, -0.2) is 27.2 Å². The zero-order valence-corrected chi connectivity index (χ0v) is 12.2. The predicted molar refractivity (Wildman–Crippen MR) is 73.0 cm³/mol. The summed E-state index contributed by atoms with van der Waals surface area (Å²) in [4.78, 5) is 10.9. The van der Waals surface area contributed by atoms with E-state index in [1.165, 1.54) is 25.3 Å². The Bertz CT molecular complexity index is 559. The number of carbonyl (C=O) groups is 1. The van der Waals surface area contributed by atoms with E-state index in [9.17, 15) is 17.6 Å². The number of benzene rings is 1. The summed E-state index contributed by atoms with van der Waals surface area (Å²) in [5, 5.41) is 0. The third-order valence-corrected chi connectivity index (χ3v) is 4.27. The van der Waals surface area contributed by atoms with Gasteiger partial charge in [-0.05, 0) is 31.0 Å². The third kappa shape index (κ3) is 5.66. The Morgan fingerprint density at radius 2 is 2.15 bits per heavy atom. The minimum atomic E-state index is -3.53. The van der Waals surface area contributed by atoms with Gasteiger partial charge in [0.2, 0.25) is 10.0 Å². The van der Waals surface area contributed by atoms with Gasteiger partial charge in [-0.15, -0.1) is 0 Å². The molecule has 1 rings (SSSR count). The molecule has 0 aliphatic rings. The fraction of sp³-hybridized carbons (Fsp3) is 0.462. The first-order valence-electron chi connectivity index (χ1n) is 6.16. The van der Waals surface area contributed by atoms with Crippen molar-refractivity contribution in [3.8, 4) is 0 Å². The van der Waals surface area contributed by atoms with Crippen LogP contribution in [0.2, 0.25) is 0 Å². The molecule has 1 atom stereocenters. The summed E-state index contributed by atoms with van der Waals surface area (Å²) in [6, 6.07) is 5.20. The smallest absolute Gasteiger partial charge is 0.305 e. The van der Waals surface area contributed by atoms with Crippen LogP contribution in [0.25, 0.3) is 0 Å². The number of rotatable bonds is 7. The SMILES string of the molecule is COC(=O)CCCS(=O)(=O)N[C@H](C)c1cccc(F)c1.